The zero-order valence-corrected chi connectivity index (χ0v) is 8.26. The molecule has 3 N–H and O–H groups in total. The standard InChI is InChI=1S/C8H10BrNO2/c1-12-7-3-2-6(9)5(4-10)8(7)11/h2-3,11H,4,10H2,1H3. The van der Waals surface area contributed by atoms with Crippen LogP contribution in [0.25, 0.3) is 0 Å². The first-order valence-corrected chi connectivity index (χ1v) is 4.24. The van der Waals surface area contributed by atoms with Gasteiger partial charge < -0.3 is 15.6 Å². The summed E-state index contributed by atoms with van der Waals surface area (Å²) in [7, 11) is 1.50. The molecule has 0 saturated heterocycles. The Morgan fingerprint density at radius 1 is 1.58 bits per heavy atom. The normalized spacial score (nSPS) is 9.92. The van der Waals surface area contributed by atoms with E-state index in [4.69, 9.17) is 10.5 Å². The Labute approximate surface area is 79.3 Å². The molecule has 0 aromatic heterocycles. The molecule has 0 heterocycles. The molecule has 0 saturated carbocycles. The van der Waals surface area contributed by atoms with Crippen molar-refractivity contribution in [3.63, 3.8) is 0 Å². The number of benzene rings is 1. The molecule has 3 nitrogen and oxygen atoms in total. The summed E-state index contributed by atoms with van der Waals surface area (Å²) in [4.78, 5) is 0. The number of phenols is 1. The molecule has 0 spiro atoms. The van der Waals surface area contributed by atoms with Gasteiger partial charge in [-0.1, -0.05) is 15.9 Å². The number of rotatable bonds is 2. The molecule has 4 heteroatoms. The lowest BCUT2D eigenvalue weighted by atomic mass is 10.2. The number of hydrogen-bond acceptors (Lipinski definition) is 3. The van der Waals surface area contributed by atoms with Crippen molar-refractivity contribution in [3.8, 4) is 11.5 Å². The van der Waals surface area contributed by atoms with Crippen LogP contribution in [-0.4, -0.2) is 12.2 Å². The van der Waals surface area contributed by atoms with Gasteiger partial charge in [0.2, 0.25) is 0 Å². The molecule has 0 radical (unpaired) electrons. The fraction of sp³-hybridized carbons (Fsp3) is 0.250. The average Bonchev–Trinajstić information content (AvgIpc) is 2.06. The van der Waals surface area contributed by atoms with Crippen LogP contribution in [0.2, 0.25) is 0 Å². The quantitative estimate of drug-likeness (QED) is 0.814. The van der Waals surface area contributed by atoms with Crippen molar-refractivity contribution in [2.45, 2.75) is 6.54 Å². The number of hydrogen-bond donors (Lipinski definition) is 2. The molecule has 1 aromatic carbocycles. The summed E-state index contributed by atoms with van der Waals surface area (Å²) in [5, 5.41) is 9.53. The third kappa shape index (κ3) is 1.54. The van der Waals surface area contributed by atoms with Crippen molar-refractivity contribution < 1.29 is 9.84 Å². The number of aromatic hydroxyl groups is 1. The van der Waals surface area contributed by atoms with E-state index in [2.05, 4.69) is 15.9 Å². The summed E-state index contributed by atoms with van der Waals surface area (Å²) < 4.78 is 5.71. The minimum atomic E-state index is 0.106. The predicted molar refractivity (Wildman–Crippen MR) is 50.3 cm³/mol. The van der Waals surface area contributed by atoms with Gasteiger partial charge in [0.15, 0.2) is 11.5 Å². The molecule has 0 unspecified atom stereocenters. The number of nitrogens with two attached hydrogens (primary N) is 1. The molecule has 0 bridgehead atoms. The van der Waals surface area contributed by atoms with Crippen LogP contribution >= 0.6 is 15.9 Å². The highest BCUT2D eigenvalue weighted by atomic mass is 79.9. The summed E-state index contributed by atoms with van der Waals surface area (Å²) in [6, 6.07) is 3.47. The monoisotopic (exact) mass is 231 g/mol. The lowest BCUT2D eigenvalue weighted by Gasteiger charge is -2.08. The van der Waals surface area contributed by atoms with Crippen molar-refractivity contribution in [1.82, 2.24) is 0 Å². The molecular formula is C8H10BrNO2. The van der Waals surface area contributed by atoms with Gasteiger partial charge in [-0.15, -0.1) is 0 Å². The highest BCUT2D eigenvalue weighted by molar-refractivity contribution is 9.10. The lowest BCUT2D eigenvalue weighted by molar-refractivity contribution is 0.370. The largest absolute Gasteiger partial charge is 0.504 e. The molecule has 0 aliphatic rings. The highest BCUT2D eigenvalue weighted by Crippen LogP contribution is 2.34. The summed E-state index contributed by atoms with van der Waals surface area (Å²) in [6.45, 7) is 0.281. The number of methoxy groups -OCH3 is 1. The Morgan fingerprint density at radius 2 is 2.25 bits per heavy atom. The average molecular weight is 232 g/mol. The Hall–Kier alpha value is -0.740. The van der Waals surface area contributed by atoms with Gasteiger partial charge >= 0.3 is 0 Å². The van der Waals surface area contributed by atoms with E-state index >= 15 is 0 Å². The smallest absolute Gasteiger partial charge is 0.163 e. The zero-order chi connectivity index (χ0) is 9.14. The van der Waals surface area contributed by atoms with Crippen LogP contribution < -0.4 is 10.5 Å². The molecule has 0 fully saturated rings. The van der Waals surface area contributed by atoms with Gasteiger partial charge in [-0.25, -0.2) is 0 Å². The predicted octanol–water partition coefficient (Wildman–Crippen LogP) is 1.62. The maximum atomic E-state index is 9.53. The third-order valence-electron chi connectivity index (χ3n) is 1.61. The third-order valence-corrected chi connectivity index (χ3v) is 2.36. The van der Waals surface area contributed by atoms with Gasteiger partial charge in [0.25, 0.3) is 0 Å². The van der Waals surface area contributed by atoms with E-state index in [0.717, 1.165) is 4.47 Å². The van der Waals surface area contributed by atoms with E-state index in [1.54, 1.807) is 12.1 Å². The lowest BCUT2D eigenvalue weighted by Crippen LogP contribution is -1.99. The van der Waals surface area contributed by atoms with Crippen molar-refractivity contribution in [3.05, 3.63) is 22.2 Å². The van der Waals surface area contributed by atoms with Crippen molar-refractivity contribution in [2.75, 3.05) is 7.11 Å². The minimum Gasteiger partial charge on any atom is -0.504 e. The molecule has 0 amide bonds. The molecule has 0 aliphatic heterocycles. The van der Waals surface area contributed by atoms with Crippen LogP contribution in [-0.2, 0) is 6.54 Å². The molecule has 0 aliphatic carbocycles. The van der Waals surface area contributed by atoms with E-state index in [-0.39, 0.29) is 12.3 Å². The molecule has 1 aromatic rings. The summed E-state index contributed by atoms with van der Waals surface area (Å²) in [5.41, 5.74) is 6.09. The molecule has 0 atom stereocenters. The van der Waals surface area contributed by atoms with Crippen molar-refractivity contribution in [2.24, 2.45) is 5.73 Å². The van der Waals surface area contributed by atoms with Gasteiger partial charge in [-0.3, -0.25) is 0 Å². The van der Waals surface area contributed by atoms with E-state index in [9.17, 15) is 5.11 Å². The van der Waals surface area contributed by atoms with Crippen LogP contribution in [0.15, 0.2) is 16.6 Å². The van der Waals surface area contributed by atoms with Crippen molar-refractivity contribution >= 4 is 15.9 Å². The highest BCUT2D eigenvalue weighted by Gasteiger charge is 2.09. The number of halogens is 1. The van der Waals surface area contributed by atoms with Crippen LogP contribution in [0.4, 0.5) is 0 Å². The fourth-order valence-corrected chi connectivity index (χ4v) is 1.43. The first kappa shape index (κ1) is 9.35. The first-order valence-electron chi connectivity index (χ1n) is 3.45. The second kappa shape index (κ2) is 3.78. The van der Waals surface area contributed by atoms with Crippen LogP contribution in [0.1, 0.15) is 5.56 Å². The van der Waals surface area contributed by atoms with Gasteiger partial charge in [0.1, 0.15) is 0 Å². The van der Waals surface area contributed by atoms with Gasteiger partial charge in [-0.2, -0.15) is 0 Å². The minimum absolute atomic E-state index is 0.106. The van der Waals surface area contributed by atoms with Crippen molar-refractivity contribution in [1.29, 1.82) is 0 Å². The SMILES string of the molecule is COc1ccc(Br)c(CN)c1O. The van der Waals surface area contributed by atoms with Gasteiger partial charge in [0, 0.05) is 16.6 Å². The Bertz CT molecular complexity index is 289. The van der Waals surface area contributed by atoms with E-state index in [1.165, 1.54) is 7.11 Å². The van der Waals surface area contributed by atoms with Gasteiger partial charge in [-0.05, 0) is 12.1 Å². The number of phenolic OH excluding ortho intramolecular Hbond substituents is 1. The summed E-state index contributed by atoms with van der Waals surface area (Å²) in [5.74, 6) is 0.549. The van der Waals surface area contributed by atoms with Gasteiger partial charge in [0.05, 0.1) is 7.11 Å². The first-order chi connectivity index (χ1) is 5.70. The van der Waals surface area contributed by atoms with Crippen LogP contribution in [0, 0.1) is 0 Å². The maximum absolute atomic E-state index is 9.53. The molecular weight excluding hydrogens is 222 g/mol. The Kier molecular flexibility index (Phi) is 2.94. The molecule has 12 heavy (non-hydrogen) atoms. The molecule has 1 rings (SSSR count). The van der Waals surface area contributed by atoms with E-state index in [1.807, 2.05) is 0 Å². The number of ether oxygens (including phenoxy) is 1. The van der Waals surface area contributed by atoms with E-state index < -0.39 is 0 Å². The zero-order valence-electron chi connectivity index (χ0n) is 6.67. The summed E-state index contributed by atoms with van der Waals surface area (Å²) >= 11 is 3.28. The summed E-state index contributed by atoms with van der Waals surface area (Å²) in [6.07, 6.45) is 0. The fourth-order valence-electron chi connectivity index (χ4n) is 0.949. The van der Waals surface area contributed by atoms with E-state index in [0.29, 0.717) is 11.3 Å². The van der Waals surface area contributed by atoms with Crippen LogP contribution in [0.3, 0.4) is 0 Å². The second-order valence-corrected chi connectivity index (χ2v) is 3.14. The second-order valence-electron chi connectivity index (χ2n) is 2.28. The topological polar surface area (TPSA) is 55.5 Å². The Morgan fingerprint density at radius 3 is 2.75 bits per heavy atom. The maximum Gasteiger partial charge on any atom is 0.163 e. The molecule has 66 valence electrons. The Balaban J connectivity index is 3.24. The van der Waals surface area contributed by atoms with Crippen LogP contribution in [0.5, 0.6) is 11.5 Å².